The Balaban J connectivity index is 1.76. The summed E-state index contributed by atoms with van der Waals surface area (Å²) in [5, 5.41) is 0. The molecule has 6 atom stereocenters. The van der Waals surface area contributed by atoms with Crippen LogP contribution in [0.15, 0.2) is 0 Å². The molecule has 0 saturated carbocycles. The summed E-state index contributed by atoms with van der Waals surface area (Å²) in [4.78, 5) is 20.9. The lowest BCUT2D eigenvalue weighted by molar-refractivity contribution is -0.128. The molecule has 3 rings (SSSR count). The van der Waals surface area contributed by atoms with Gasteiger partial charge in [0.15, 0.2) is 0 Å². The second-order valence-electron chi connectivity index (χ2n) is 9.19. The third-order valence-corrected chi connectivity index (χ3v) is 7.03. The molecule has 0 aromatic rings. The summed E-state index contributed by atoms with van der Waals surface area (Å²) in [6.07, 6.45) is 13.1. The molecule has 3 aliphatic rings. The molecule has 3 aliphatic heterocycles. The van der Waals surface area contributed by atoms with Crippen molar-refractivity contribution < 1.29 is 4.79 Å². The van der Waals surface area contributed by atoms with Crippen molar-refractivity contribution in [2.45, 2.75) is 122 Å². The lowest BCUT2D eigenvalue weighted by Gasteiger charge is -2.40. The van der Waals surface area contributed by atoms with Gasteiger partial charge in [0, 0.05) is 44.2 Å². The Morgan fingerprint density at radius 2 is 1.11 bits per heavy atom. The van der Waals surface area contributed by atoms with Gasteiger partial charge >= 0.3 is 0 Å². The van der Waals surface area contributed by atoms with Gasteiger partial charge in [-0.05, 0) is 19.3 Å². The minimum Gasteiger partial charge on any atom is -0.300 e. The van der Waals surface area contributed by atoms with Gasteiger partial charge in [-0.3, -0.25) is 19.5 Å². The standard InChI is InChI=1S/C23H43N3O/c1-5-9-12-19-16-24(19)23(15-22(27)8-4,25-17-20(25)13-10-6-2)26-18-21(26)14-11-7-3/h19-21H,5-18H2,1-4H3. The van der Waals surface area contributed by atoms with Crippen molar-refractivity contribution in [2.24, 2.45) is 0 Å². The monoisotopic (exact) mass is 377 g/mol. The molecule has 4 nitrogen and oxygen atoms in total. The van der Waals surface area contributed by atoms with Gasteiger partial charge < -0.3 is 0 Å². The summed E-state index contributed by atoms with van der Waals surface area (Å²) >= 11 is 0. The number of hydrogen-bond donors (Lipinski definition) is 0. The number of carbonyl (C=O) groups is 1. The third-order valence-electron chi connectivity index (χ3n) is 7.03. The average molecular weight is 378 g/mol. The molecule has 0 bridgehead atoms. The highest BCUT2D eigenvalue weighted by molar-refractivity contribution is 5.79. The van der Waals surface area contributed by atoms with E-state index in [0.717, 1.165) is 6.42 Å². The van der Waals surface area contributed by atoms with Gasteiger partial charge in [0.2, 0.25) is 0 Å². The molecule has 0 amide bonds. The summed E-state index contributed by atoms with van der Waals surface area (Å²) in [5.41, 5.74) is 0. The molecule has 3 fully saturated rings. The molecule has 0 spiro atoms. The minimum absolute atomic E-state index is 0.0810. The summed E-state index contributed by atoms with van der Waals surface area (Å²) in [7, 11) is 0. The number of unbranched alkanes of at least 4 members (excludes halogenated alkanes) is 3. The zero-order chi connectivity index (χ0) is 19.4. The minimum atomic E-state index is -0.0810. The number of Topliss-reactive ketones (excluding diaryl/α,β-unsaturated/α-hetero) is 1. The highest BCUT2D eigenvalue weighted by Crippen LogP contribution is 2.51. The van der Waals surface area contributed by atoms with Gasteiger partial charge in [0.05, 0.1) is 6.42 Å². The van der Waals surface area contributed by atoms with Crippen molar-refractivity contribution in [1.29, 1.82) is 0 Å². The van der Waals surface area contributed by atoms with Crippen molar-refractivity contribution >= 4 is 5.78 Å². The molecule has 156 valence electrons. The Labute approximate surface area is 167 Å². The maximum atomic E-state index is 12.7. The quantitative estimate of drug-likeness (QED) is 0.389. The molecule has 4 heteroatoms. The molecule has 0 aliphatic carbocycles. The van der Waals surface area contributed by atoms with E-state index in [1.165, 1.54) is 77.4 Å². The number of nitrogens with zero attached hydrogens (tertiary/aromatic N) is 3. The van der Waals surface area contributed by atoms with Gasteiger partial charge in [-0.1, -0.05) is 66.2 Å². The van der Waals surface area contributed by atoms with Crippen molar-refractivity contribution in [3.05, 3.63) is 0 Å². The predicted molar refractivity (Wildman–Crippen MR) is 113 cm³/mol. The van der Waals surface area contributed by atoms with Crippen LogP contribution in [0.5, 0.6) is 0 Å². The van der Waals surface area contributed by atoms with Crippen LogP contribution >= 0.6 is 0 Å². The molecule has 0 aromatic heterocycles. The van der Waals surface area contributed by atoms with Crippen molar-refractivity contribution in [3.8, 4) is 0 Å². The van der Waals surface area contributed by atoms with Gasteiger partial charge in [-0.15, -0.1) is 0 Å². The summed E-state index contributed by atoms with van der Waals surface area (Å²) in [6.45, 7) is 12.5. The van der Waals surface area contributed by atoms with E-state index in [-0.39, 0.29) is 5.79 Å². The number of carbonyl (C=O) groups excluding carboxylic acids is 1. The maximum absolute atomic E-state index is 12.7. The number of hydrogen-bond acceptors (Lipinski definition) is 4. The zero-order valence-corrected chi connectivity index (χ0v) is 18.4. The molecule has 3 saturated heterocycles. The Morgan fingerprint density at radius 3 is 1.41 bits per heavy atom. The summed E-state index contributed by atoms with van der Waals surface area (Å²) < 4.78 is 0. The Hall–Kier alpha value is -0.450. The topological polar surface area (TPSA) is 26.1 Å². The van der Waals surface area contributed by atoms with Crippen molar-refractivity contribution in [3.63, 3.8) is 0 Å². The average Bonchev–Trinajstić information content (AvgIpc) is 3.53. The van der Waals surface area contributed by atoms with Gasteiger partial charge in [-0.25, -0.2) is 0 Å². The van der Waals surface area contributed by atoms with Crippen LogP contribution in [0.3, 0.4) is 0 Å². The lowest BCUT2D eigenvalue weighted by atomic mass is 10.1. The fraction of sp³-hybridized carbons (Fsp3) is 0.957. The van der Waals surface area contributed by atoms with Gasteiger partial charge in [0.1, 0.15) is 11.6 Å². The highest BCUT2D eigenvalue weighted by atomic mass is 16.1. The van der Waals surface area contributed by atoms with E-state index >= 15 is 0 Å². The van der Waals surface area contributed by atoms with Crippen LogP contribution in [0.4, 0.5) is 0 Å². The van der Waals surface area contributed by atoms with E-state index in [2.05, 4.69) is 35.5 Å². The first-order valence-corrected chi connectivity index (χ1v) is 11.9. The van der Waals surface area contributed by atoms with E-state index in [0.29, 0.717) is 30.3 Å². The van der Waals surface area contributed by atoms with Crippen molar-refractivity contribution in [1.82, 2.24) is 14.7 Å². The summed E-state index contributed by atoms with van der Waals surface area (Å²) in [5.74, 6) is 0.362. The number of ketones is 1. The second kappa shape index (κ2) is 9.37. The van der Waals surface area contributed by atoms with Crippen LogP contribution in [0.2, 0.25) is 0 Å². The molecular formula is C23H43N3O. The fourth-order valence-electron chi connectivity index (χ4n) is 5.11. The van der Waals surface area contributed by atoms with E-state index in [1.54, 1.807) is 0 Å². The van der Waals surface area contributed by atoms with E-state index in [9.17, 15) is 4.79 Å². The van der Waals surface area contributed by atoms with Gasteiger partial charge in [0.25, 0.3) is 0 Å². The molecule has 3 heterocycles. The van der Waals surface area contributed by atoms with E-state index < -0.39 is 0 Å². The van der Waals surface area contributed by atoms with E-state index in [1.807, 2.05) is 6.92 Å². The highest BCUT2D eigenvalue weighted by Gasteiger charge is 2.66. The Morgan fingerprint density at radius 1 is 0.741 bits per heavy atom. The second-order valence-corrected chi connectivity index (χ2v) is 9.19. The first kappa shape index (κ1) is 21.3. The molecule has 0 N–H and O–H groups in total. The fourth-order valence-corrected chi connectivity index (χ4v) is 5.11. The maximum Gasteiger partial charge on any atom is 0.139 e. The first-order chi connectivity index (χ1) is 13.1. The van der Waals surface area contributed by atoms with Crippen LogP contribution < -0.4 is 0 Å². The number of rotatable bonds is 15. The molecule has 6 unspecified atom stereocenters. The molecular weight excluding hydrogens is 334 g/mol. The molecule has 27 heavy (non-hydrogen) atoms. The third kappa shape index (κ3) is 4.76. The lowest BCUT2D eigenvalue weighted by Crippen LogP contribution is -2.56. The zero-order valence-electron chi connectivity index (χ0n) is 18.4. The van der Waals surface area contributed by atoms with Crippen molar-refractivity contribution in [2.75, 3.05) is 19.6 Å². The Bertz CT molecular complexity index is 439. The summed E-state index contributed by atoms with van der Waals surface area (Å²) in [6, 6.07) is 2.11. The van der Waals surface area contributed by atoms with Crippen LogP contribution in [0, 0.1) is 0 Å². The molecule has 0 aromatic carbocycles. The van der Waals surface area contributed by atoms with Crippen LogP contribution in [-0.4, -0.2) is 64.0 Å². The smallest absolute Gasteiger partial charge is 0.139 e. The van der Waals surface area contributed by atoms with E-state index in [4.69, 9.17) is 0 Å². The van der Waals surface area contributed by atoms with Crippen LogP contribution in [0.25, 0.3) is 0 Å². The Kier molecular flexibility index (Phi) is 7.38. The van der Waals surface area contributed by atoms with Crippen LogP contribution in [0.1, 0.15) is 98.3 Å². The largest absolute Gasteiger partial charge is 0.300 e. The molecule has 0 radical (unpaired) electrons. The van der Waals surface area contributed by atoms with Gasteiger partial charge in [-0.2, -0.15) is 0 Å². The normalized spacial score (nSPS) is 36.3. The predicted octanol–water partition coefficient (Wildman–Crippen LogP) is 4.63. The van der Waals surface area contributed by atoms with Crippen LogP contribution in [-0.2, 0) is 4.79 Å². The first-order valence-electron chi connectivity index (χ1n) is 11.9. The SMILES string of the molecule is CCCCC1CN1C(CC(=O)CC)(N1CC1CCCC)N1CC1CCCC.